The molecule has 2 heteroatoms. The van der Waals surface area contributed by atoms with Gasteiger partial charge in [-0.15, -0.1) is 0 Å². The molecule has 12 aromatic rings. The molecule has 1 aliphatic rings. The topological polar surface area (TPSA) is 8.17 Å². The van der Waals surface area contributed by atoms with Crippen molar-refractivity contribution in [3.8, 4) is 61.5 Å². The summed E-state index contributed by atoms with van der Waals surface area (Å²) in [6.45, 7) is 4.72. The van der Waals surface area contributed by atoms with Gasteiger partial charge < -0.3 is 9.47 Å². The van der Waals surface area contributed by atoms with Crippen LogP contribution in [-0.4, -0.2) is 4.57 Å². The van der Waals surface area contributed by atoms with Gasteiger partial charge in [-0.25, -0.2) is 0 Å². The molecule has 1 heterocycles. The summed E-state index contributed by atoms with van der Waals surface area (Å²) in [6.07, 6.45) is 0. The van der Waals surface area contributed by atoms with Crippen molar-refractivity contribution in [1.29, 1.82) is 0 Å². The van der Waals surface area contributed by atoms with Gasteiger partial charge in [-0.05, 0) is 126 Å². The second-order valence-electron chi connectivity index (χ2n) is 18.9. The highest BCUT2D eigenvalue weighted by Gasteiger charge is 2.36. The van der Waals surface area contributed by atoms with Crippen LogP contribution in [0, 0.1) is 0 Å². The van der Waals surface area contributed by atoms with Crippen LogP contribution < -0.4 is 4.90 Å². The maximum absolute atomic E-state index is 2.52. The Morgan fingerprint density at radius 3 is 1.58 bits per heavy atom. The average molecular weight is 881 g/mol. The Kier molecular flexibility index (Phi) is 9.55. The summed E-state index contributed by atoms with van der Waals surface area (Å²) in [6, 6.07) is 93.7. The van der Waals surface area contributed by atoms with Gasteiger partial charge in [0.25, 0.3) is 0 Å². The first-order chi connectivity index (χ1) is 34.0. The van der Waals surface area contributed by atoms with E-state index in [4.69, 9.17) is 0 Å². The Bertz CT molecular complexity index is 3880. The van der Waals surface area contributed by atoms with Crippen molar-refractivity contribution in [3.05, 3.63) is 266 Å². The number of anilines is 3. The molecule has 2 nitrogen and oxygen atoms in total. The lowest BCUT2D eigenvalue weighted by atomic mass is 9.82. The number of benzene rings is 11. The second kappa shape index (κ2) is 16.3. The Balaban J connectivity index is 1.01. The van der Waals surface area contributed by atoms with Gasteiger partial charge in [0, 0.05) is 44.5 Å². The van der Waals surface area contributed by atoms with Gasteiger partial charge in [0.1, 0.15) is 0 Å². The number of fused-ring (bicyclic) bond motifs is 7. The number of rotatable bonds is 8. The molecule has 0 radical (unpaired) electrons. The van der Waals surface area contributed by atoms with Crippen LogP contribution >= 0.6 is 0 Å². The Labute approximate surface area is 403 Å². The fraction of sp³-hybridized carbons (Fsp3) is 0.0448. The largest absolute Gasteiger partial charge is 0.310 e. The van der Waals surface area contributed by atoms with E-state index in [1.807, 2.05) is 0 Å². The predicted molar refractivity (Wildman–Crippen MR) is 292 cm³/mol. The minimum absolute atomic E-state index is 0.124. The summed E-state index contributed by atoms with van der Waals surface area (Å²) in [7, 11) is 0. The molecule has 0 amide bonds. The zero-order valence-corrected chi connectivity index (χ0v) is 38.6. The molecule has 0 aliphatic heterocycles. The molecular formula is C67H48N2. The number of hydrogen-bond acceptors (Lipinski definition) is 1. The summed E-state index contributed by atoms with van der Waals surface area (Å²) in [5.74, 6) is 0. The normalized spacial score (nSPS) is 12.6. The third-order valence-electron chi connectivity index (χ3n) is 14.6. The Morgan fingerprint density at radius 2 is 0.870 bits per heavy atom. The van der Waals surface area contributed by atoms with Crippen LogP contribution in [-0.2, 0) is 5.41 Å². The van der Waals surface area contributed by atoms with Gasteiger partial charge in [0.15, 0.2) is 0 Å². The summed E-state index contributed by atoms with van der Waals surface area (Å²) >= 11 is 0. The molecule has 0 unspecified atom stereocenters. The first-order valence-corrected chi connectivity index (χ1v) is 24.0. The molecule has 13 rings (SSSR count). The summed E-state index contributed by atoms with van der Waals surface area (Å²) in [4.78, 5) is 2.42. The predicted octanol–water partition coefficient (Wildman–Crippen LogP) is 18.4. The van der Waals surface area contributed by atoms with Crippen molar-refractivity contribution in [2.24, 2.45) is 0 Å². The highest BCUT2D eigenvalue weighted by Crippen LogP contribution is 2.52. The molecule has 0 N–H and O–H groups in total. The van der Waals surface area contributed by atoms with Crippen LogP contribution in [0.1, 0.15) is 25.0 Å². The van der Waals surface area contributed by atoms with Crippen LogP contribution in [0.25, 0.3) is 93.9 Å². The number of hydrogen-bond donors (Lipinski definition) is 0. The van der Waals surface area contributed by atoms with Crippen LogP contribution in [0.15, 0.2) is 255 Å². The van der Waals surface area contributed by atoms with Crippen LogP contribution in [0.5, 0.6) is 0 Å². The van der Waals surface area contributed by atoms with Crippen molar-refractivity contribution >= 4 is 49.5 Å². The van der Waals surface area contributed by atoms with E-state index in [0.717, 1.165) is 22.7 Å². The van der Waals surface area contributed by atoms with Crippen LogP contribution in [0.2, 0.25) is 0 Å². The Morgan fingerprint density at radius 1 is 0.333 bits per heavy atom. The molecule has 11 aromatic carbocycles. The second-order valence-corrected chi connectivity index (χ2v) is 18.9. The van der Waals surface area contributed by atoms with E-state index >= 15 is 0 Å². The molecule has 0 fully saturated rings. The van der Waals surface area contributed by atoms with Gasteiger partial charge in [-0.2, -0.15) is 0 Å². The van der Waals surface area contributed by atoms with Crippen molar-refractivity contribution in [1.82, 2.24) is 4.57 Å². The van der Waals surface area contributed by atoms with Crippen molar-refractivity contribution in [3.63, 3.8) is 0 Å². The highest BCUT2D eigenvalue weighted by atomic mass is 15.1. The Hall–Kier alpha value is -8.72. The van der Waals surface area contributed by atoms with E-state index in [1.165, 1.54) is 99.3 Å². The smallest absolute Gasteiger partial charge is 0.0620 e. The van der Waals surface area contributed by atoms with Gasteiger partial charge in [-0.3, -0.25) is 0 Å². The fourth-order valence-corrected chi connectivity index (χ4v) is 11.2. The molecule has 0 spiro atoms. The molecule has 326 valence electrons. The lowest BCUT2D eigenvalue weighted by Crippen LogP contribution is -2.16. The average Bonchev–Trinajstić information content (AvgIpc) is 3.88. The number of aromatic nitrogens is 1. The lowest BCUT2D eigenvalue weighted by molar-refractivity contribution is 0.660. The van der Waals surface area contributed by atoms with E-state index in [2.05, 4.69) is 278 Å². The lowest BCUT2D eigenvalue weighted by Gasteiger charge is -2.28. The first-order valence-electron chi connectivity index (χ1n) is 24.0. The molecule has 0 saturated carbocycles. The molecular weight excluding hydrogens is 833 g/mol. The van der Waals surface area contributed by atoms with Gasteiger partial charge in [0.2, 0.25) is 0 Å². The zero-order chi connectivity index (χ0) is 46.1. The van der Waals surface area contributed by atoms with Gasteiger partial charge >= 0.3 is 0 Å². The minimum Gasteiger partial charge on any atom is -0.310 e. The van der Waals surface area contributed by atoms with Crippen LogP contribution in [0.3, 0.4) is 0 Å². The fourth-order valence-electron chi connectivity index (χ4n) is 11.2. The molecule has 0 bridgehead atoms. The maximum Gasteiger partial charge on any atom is 0.0620 e. The third-order valence-corrected chi connectivity index (χ3v) is 14.6. The van der Waals surface area contributed by atoms with Gasteiger partial charge in [0.05, 0.1) is 11.2 Å². The quantitative estimate of drug-likeness (QED) is 0.148. The molecule has 69 heavy (non-hydrogen) atoms. The standard InChI is InChI=1S/C67H48N2/c1-67(2)62-29-17-16-27-57(62)58-41-40-55(43-63(58)67)68(52-35-30-47(31-36-52)45-18-6-3-7-19-45)53-37-33-48(34-38-53)60-44-61-64(49-21-8-4-9-22-49)65(50-23-10-5-11-24-50)69(66(61)59-28-15-14-26-56(59)60)54-39-32-46-20-12-13-25-51(46)42-54/h3-44H,1-2H3. The van der Waals surface area contributed by atoms with Crippen molar-refractivity contribution in [2.75, 3.05) is 4.90 Å². The first kappa shape index (κ1) is 40.5. The summed E-state index contributed by atoms with van der Waals surface area (Å²) < 4.78 is 2.52. The summed E-state index contributed by atoms with van der Waals surface area (Å²) in [5.41, 5.74) is 20.5. The molecule has 1 aliphatic carbocycles. The highest BCUT2D eigenvalue weighted by molar-refractivity contribution is 6.20. The minimum atomic E-state index is -0.124. The van der Waals surface area contributed by atoms with E-state index in [1.54, 1.807) is 0 Å². The maximum atomic E-state index is 2.52. The van der Waals surface area contributed by atoms with E-state index < -0.39 is 0 Å². The molecule has 0 atom stereocenters. The van der Waals surface area contributed by atoms with Crippen LogP contribution in [0.4, 0.5) is 17.1 Å². The number of nitrogens with zero attached hydrogens (tertiary/aromatic N) is 2. The third kappa shape index (κ3) is 6.71. The van der Waals surface area contributed by atoms with E-state index in [9.17, 15) is 0 Å². The van der Waals surface area contributed by atoms with Crippen molar-refractivity contribution < 1.29 is 0 Å². The molecule has 1 aromatic heterocycles. The van der Waals surface area contributed by atoms with Crippen molar-refractivity contribution in [2.45, 2.75) is 19.3 Å². The zero-order valence-electron chi connectivity index (χ0n) is 38.6. The summed E-state index contributed by atoms with van der Waals surface area (Å²) in [5, 5.41) is 6.08. The monoisotopic (exact) mass is 880 g/mol. The van der Waals surface area contributed by atoms with Gasteiger partial charge in [-0.1, -0.05) is 214 Å². The SMILES string of the molecule is CC1(C)c2ccccc2-c2ccc(N(c3ccc(-c4ccccc4)cc3)c3ccc(-c4cc5c(-c6ccccc6)c(-c6ccccc6)n(-c6ccc7ccccc7c6)c5c5ccccc45)cc3)cc21. The van der Waals surface area contributed by atoms with E-state index in [-0.39, 0.29) is 5.41 Å². The molecule has 0 saturated heterocycles. The van der Waals surface area contributed by atoms with E-state index in [0.29, 0.717) is 0 Å².